The summed E-state index contributed by atoms with van der Waals surface area (Å²) < 4.78 is 3.55. The molecule has 0 amide bonds. The van der Waals surface area contributed by atoms with Crippen molar-refractivity contribution < 1.29 is 48.0 Å². The summed E-state index contributed by atoms with van der Waals surface area (Å²) in [7, 11) is 0. The largest absolute Gasteiger partial charge is 1.00 e. The van der Waals surface area contributed by atoms with E-state index in [9.17, 15) is 0 Å². The predicted octanol–water partition coefficient (Wildman–Crippen LogP) is -1.82. The monoisotopic (exact) mass is 346 g/mol. The molecule has 0 saturated carbocycles. The molecule has 0 aromatic carbocycles. The van der Waals surface area contributed by atoms with E-state index in [0.717, 1.165) is 5.92 Å². The van der Waals surface area contributed by atoms with Crippen molar-refractivity contribution in [1.82, 2.24) is 0 Å². The summed E-state index contributed by atoms with van der Waals surface area (Å²) in [5.74, 6) is 0.721. The maximum atomic E-state index is 2.45. The van der Waals surface area contributed by atoms with Crippen LogP contribution in [0.1, 0.15) is 34.1 Å². The van der Waals surface area contributed by atoms with Gasteiger partial charge < -0.3 is 24.8 Å². The van der Waals surface area contributed by atoms with Crippen LogP contribution >= 0.6 is 0 Å². The van der Waals surface area contributed by atoms with Crippen LogP contribution in [-0.2, 0) is 23.2 Å². The molecule has 0 nitrogen and oxygen atoms in total. The van der Waals surface area contributed by atoms with Crippen LogP contribution in [0.3, 0.4) is 0 Å². The van der Waals surface area contributed by atoms with Crippen molar-refractivity contribution in [3.63, 3.8) is 0 Å². The molecule has 0 aliphatic heterocycles. The fraction of sp³-hybridized carbons (Fsp3) is 0.429. The first-order valence-electron chi connectivity index (χ1n) is 5.61. The molecule has 3 heteroatoms. The fourth-order valence-corrected chi connectivity index (χ4v) is 6.07. The van der Waals surface area contributed by atoms with Crippen LogP contribution in [0.15, 0.2) is 41.5 Å². The summed E-state index contributed by atoms with van der Waals surface area (Å²) >= 11 is -0.456. The van der Waals surface area contributed by atoms with Gasteiger partial charge in [-0.25, -0.2) is 0 Å². The Hall–Kier alpha value is 0.423. The zero-order valence-electron chi connectivity index (χ0n) is 10.8. The van der Waals surface area contributed by atoms with Gasteiger partial charge in [-0.1, -0.05) is 0 Å². The first-order valence-corrected chi connectivity index (χ1v) is 8.06. The zero-order valence-corrected chi connectivity index (χ0v) is 14.7. The van der Waals surface area contributed by atoms with Gasteiger partial charge in [-0.15, -0.1) is 0 Å². The summed E-state index contributed by atoms with van der Waals surface area (Å²) in [6.45, 7) is 9.14. The van der Waals surface area contributed by atoms with Gasteiger partial charge in [0.15, 0.2) is 0 Å². The Morgan fingerprint density at radius 1 is 1.12 bits per heavy atom. The van der Waals surface area contributed by atoms with Crippen LogP contribution in [0.4, 0.5) is 0 Å². The topological polar surface area (TPSA) is 0 Å². The number of allylic oxidation sites excluding steroid dienone is 8. The van der Waals surface area contributed by atoms with Crippen molar-refractivity contribution in [2.24, 2.45) is 5.92 Å². The number of rotatable bonds is 2. The van der Waals surface area contributed by atoms with E-state index in [-0.39, 0.29) is 24.8 Å². The molecular formula is C14H18Cl2Zr. The van der Waals surface area contributed by atoms with Gasteiger partial charge in [-0.2, -0.15) is 0 Å². The van der Waals surface area contributed by atoms with E-state index in [0.29, 0.717) is 0 Å². The minimum Gasteiger partial charge on any atom is -1.00 e. The van der Waals surface area contributed by atoms with Crippen molar-refractivity contribution in [2.75, 3.05) is 0 Å². The second-order valence-corrected chi connectivity index (χ2v) is 8.20. The quantitative estimate of drug-likeness (QED) is 0.552. The van der Waals surface area contributed by atoms with E-state index in [1.54, 1.807) is 17.7 Å². The average Bonchev–Trinajstić information content (AvgIpc) is 2.64. The molecule has 0 aromatic heterocycles. The third kappa shape index (κ3) is 3.95. The summed E-state index contributed by atoms with van der Waals surface area (Å²) in [6, 6.07) is 0. The van der Waals surface area contributed by atoms with Crippen molar-refractivity contribution >= 4 is 0 Å². The molecule has 2 rings (SSSR count). The number of hydrogen-bond donors (Lipinski definition) is 0. The minimum absolute atomic E-state index is 0. The van der Waals surface area contributed by atoms with Gasteiger partial charge in [0, 0.05) is 0 Å². The second-order valence-electron chi connectivity index (χ2n) is 4.68. The van der Waals surface area contributed by atoms with Gasteiger partial charge in [-0.3, -0.25) is 0 Å². The molecule has 0 N–H and O–H groups in total. The Balaban J connectivity index is 0.00000128. The van der Waals surface area contributed by atoms with E-state index >= 15 is 0 Å². The number of halogens is 2. The second kappa shape index (κ2) is 7.12. The average molecular weight is 348 g/mol. The Morgan fingerprint density at radius 2 is 1.76 bits per heavy atom. The van der Waals surface area contributed by atoms with Gasteiger partial charge in [0.05, 0.1) is 0 Å². The maximum absolute atomic E-state index is 2.45. The fourth-order valence-electron chi connectivity index (χ4n) is 2.16. The van der Waals surface area contributed by atoms with Crippen LogP contribution in [0.5, 0.6) is 0 Å². The molecule has 0 fully saturated rings. The predicted molar refractivity (Wildman–Crippen MR) is 62.1 cm³/mol. The molecule has 92 valence electrons. The van der Waals surface area contributed by atoms with E-state index in [1.807, 2.05) is 0 Å². The Labute approximate surface area is 129 Å². The zero-order chi connectivity index (χ0) is 11.0. The van der Waals surface area contributed by atoms with Crippen LogP contribution < -0.4 is 24.8 Å². The van der Waals surface area contributed by atoms with Crippen molar-refractivity contribution in [2.45, 2.75) is 34.1 Å². The van der Waals surface area contributed by atoms with Gasteiger partial charge in [0.25, 0.3) is 0 Å². The van der Waals surface area contributed by atoms with Gasteiger partial charge in [-0.05, 0) is 0 Å². The molecule has 0 aromatic rings. The summed E-state index contributed by atoms with van der Waals surface area (Å²) in [5.41, 5.74) is 4.66. The molecule has 17 heavy (non-hydrogen) atoms. The van der Waals surface area contributed by atoms with Crippen LogP contribution in [-0.4, -0.2) is 0 Å². The molecule has 1 unspecified atom stereocenters. The van der Waals surface area contributed by atoms with Crippen molar-refractivity contribution in [1.29, 1.82) is 0 Å². The molecule has 2 aliphatic rings. The van der Waals surface area contributed by atoms with Crippen molar-refractivity contribution in [3.05, 3.63) is 41.5 Å². The Bertz CT molecular complexity index is 414. The molecule has 2 aliphatic carbocycles. The Morgan fingerprint density at radius 3 is 2.18 bits per heavy atom. The molecule has 0 radical (unpaired) electrons. The van der Waals surface area contributed by atoms with E-state index in [2.05, 4.69) is 45.9 Å². The first kappa shape index (κ1) is 17.4. The first-order chi connectivity index (χ1) is 7.08. The smallest absolute Gasteiger partial charge is 1.00 e. The van der Waals surface area contributed by atoms with Gasteiger partial charge in [0.2, 0.25) is 0 Å². The Kier molecular flexibility index (Phi) is 7.30. The van der Waals surface area contributed by atoms with Crippen LogP contribution in [0.2, 0.25) is 0 Å². The van der Waals surface area contributed by atoms with Crippen molar-refractivity contribution in [3.8, 4) is 0 Å². The van der Waals surface area contributed by atoms with E-state index in [1.165, 1.54) is 12.0 Å². The van der Waals surface area contributed by atoms with E-state index in [4.69, 9.17) is 0 Å². The minimum atomic E-state index is -0.456. The maximum Gasteiger partial charge on any atom is -1.00 e. The third-order valence-electron chi connectivity index (χ3n) is 3.33. The normalized spacial score (nSPS) is 22.1. The summed E-state index contributed by atoms with van der Waals surface area (Å²) in [4.78, 5) is 0. The third-order valence-corrected chi connectivity index (χ3v) is 7.66. The van der Waals surface area contributed by atoms with E-state index < -0.39 is 23.2 Å². The number of hydrogen-bond acceptors (Lipinski definition) is 0. The molecule has 0 bridgehead atoms. The SMILES string of the molecule is CC1=C(C)C[C]([Zr+2][C]2=C(C)C=CC2C)=C1.[Cl-].[Cl-]. The standard InChI is InChI=1S/2C7H9.2ClH.Zr/c1-6-3-4-7(2)5-6;1-6-4-3-5-7(6)2;;;/h3-4,6H,1-2H3;4H,5H2,1-2H3;2*1H;/q;;;;+2/p-2. The van der Waals surface area contributed by atoms with Gasteiger partial charge in [0.1, 0.15) is 0 Å². The molecular weight excluding hydrogens is 330 g/mol. The molecule has 0 saturated heterocycles. The molecule has 0 spiro atoms. The molecule has 0 heterocycles. The summed E-state index contributed by atoms with van der Waals surface area (Å²) in [6.07, 6.45) is 8.38. The van der Waals surface area contributed by atoms with Crippen LogP contribution in [0, 0.1) is 5.92 Å². The van der Waals surface area contributed by atoms with Crippen LogP contribution in [0.25, 0.3) is 0 Å². The van der Waals surface area contributed by atoms with Gasteiger partial charge >= 0.3 is 105 Å². The summed E-state index contributed by atoms with van der Waals surface area (Å²) in [5, 5.41) is 0. The molecule has 1 atom stereocenters.